The minimum atomic E-state index is -0.475. The molecule has 0 aromatic heterocycles. The van der Waals surface area contributed by atoms with E-state index in [1.54, 1.807) is 0 Å². The van der Waals surface area contributed by atoms with E-state index in [4.69, 9.17) is 11.2 Å². The predicted molar refractivity (Wildman–Crippen MR) is 76.4 cm³/mol. The molecule has 106 valence electrons. The van der Waals surface area contributed by atoms with Crippen molar-refractivity contribution in [2.75, 3.05) is 19.8 Å². The van der Waals surface area contributed by atoms with Crippen LogP contribution in [-0.4, -0.2) is 37.0 Å². The highest BCUT2D eigenvalue weighted by atomic mass is 16.5. The Labute approximate surface area is 112 Å². The molecule has 2 N–H and O–H groups in total. The van der Waals surface area contributed by atoms with E-state index in [0.717, 1.165) is 25.9 Å². The summed E-state index contributed by atoms with van der Waals surface area (Å²) in [6.07, 6.45) is 9.13. The molecule has 18 heavy (non-hydrogen) atoms. The number of aliphatic hydroxyl groups is 1. The molecule has 0 saturated carbocycles. The average Bonchev–Trinajstić information content (AvgIpc) is 2.33. The molecule has 0 aromatic carbocycles. The smallest absolute Gasteiger partial charge is 0.0898 e. The molecule has 0 aromatic rings. The molecule has 0 spiro atoms. The van der Waals surface area contributed by atoms with Crippen LogP contribution in [0, 0.1) is 18.3 Å². The van der Waals surface area contributed by atoms with Crippen LogP contribution in [0.3, 0.4) is 0 Å². The molecule has 0 heterocycles. The number of hydrogen-bond donors (Lipinski definition) is 2. The molecule has 2 unspecified atom stereocenters. The van der Waals surface area contributed by atoms with E-state index in [1.165, 1.54) is 6.42 Å². The summed E-state index contributed by atoms with van der Waals surface area (Å²) in [5.41, 5.74) is 0. The highest BCUT2D eigenvalue weighted by Gasteiger charge is 2.08. The monoisotopic (exact) mass is 255 g/mol. The first-order valence-corrected chi connectivity index (χ1v) is 7.05. The summed E-state index contributed by atoms with van der Waals surface area (Å²) in [6, 6.07) is 0.0607. The summed E-state index contributed by atoms with van der Waals surface area (Å²) in [4.78, 5) is 0. The Kier molecular flexibility index (Phi) is 11.2. The van der Waals surface area contributed by atoms with Crippen LogP contribution in [0.25, 0.3) is 0 Å². The van der Waals surface area contributed by atoms with Gasteiger partial charge >= 0.3 is 0 Å². The SMILES string of the molecule is C#CC(CCC)NCC(O)COCCCC(C)C. The van der Waals surface area contributed by atoms with Crippen molar-refractivity contribution in [2.45, 2.75) is 58.6 Å². The number of aliphatic hydroxyl groups excluding tert-OH is 1. The second-order valence-electron chi connectivity index (χ2n) is 5.18. The number of rotatable bonds is 11. The predicted octanol–water partition coefficient (Wildman–Crippen LogP) is 2.19. The maximum atomic E-state index is 9.71. The fourth-order valence-electron chi connectivity index (χ4n) is 1.68. The minimum Gasteiger partial charge on any atom is -0.389 e. The van der Waals surface area contributed by atoms with Gasteiger partial charge in [-0.05, 0) is 25.2 Å². The quantitative estimate of drug-likeness (QED) is 0.439. The fraction of sp³-hybridized carbons (Fsp3) is 0.867. The van der Waals surface area contributed by atoms with Crippen LogP contribution in [0.4, 0.5) is 0 Å². The standard InChI is InChI=1S/C15H29NO2/c1-5-8-14(6-2)16-11-15(17)12-18-10-7-9-13(3)4/h2,13-17H,5,7-12H2,1,3-4H3. The summed E-state index contributed by atoms with van der Waals surface area (Å²) >= 11 is 0. The van der Waals surface area contributed by atoms with E-state index in [2.05, 4.69) is 32.0 Å². The summed E-state index contributed by atoms with van der Waals surface area (Å²) < 4.78 is 5.43. The largest absolute Gasteiger partial charge is 0.389 e. The average molecular weight is 255 g/mol. The maximum Gasteiger partial charge on any atom is 0.0898 e. The lowest BCUT2D eigenvalue weighted by molar-refractivity contribution is 0.0341. The van der Waals surface area contributed by atoms with Crippen molar-refractivity contribution >= 4 is 0 Å². The molecule has 0 amide bonds. The Bertz CT molecular complexity index is 223. The molecule has 0 aliphatic rings. The van der Waals surface area contributed by atoms with Crippen molar-refractivity contribution in [3.8, 4) is 12.3 Å². The van der Waals surface area contributed by atoms with Gasteiger partial charge in [-0.1, -0.05) is 33.1 Å². The van der Waals surface area contributed by atoms with Gasteiger partial charge < -0.3 is 15.2 Å². The van der Waals surface area contributed by atoms with Gasteiger partial charge in [-0.15, -0.1) is 6.42 Å². The molecule has 0 bridgehead atoms. The number of ether oxygens (including phenoxy) is 1. The van der Waals surface area contributed by atoms with E-state index < -0.39 is 6.10 Å². The van der Waals surface area contributed by atoms with E-state index in [0.29, 0.717) is 19.1 Å². The third-order valence-electron chi connectivity index (χ3n) is 2.76. The lowest BCUT2D eigenvalue weighted by Crippen LogP contribution is -2.36. The van der Waals surface area contributed by atoms with Crippen molar-refractivity contribution in [3.05, 3.63) is 0 Å². The van der Waals surface area contributed by atoms with Gasteiger partial charge in [-0.25, -0.2) is 0 Å². The second kappa shape index (κ2) is 11.5. The van der Waals surface area contributed by atoms with Crippen molar-refractivity contribution in [2.24, 2.45) is 5.92 Å². The Morgan fingerprint density at radius 1 is 1.33 bits per heavy atom. The molecule has 0 rings (SSSR count). The second-order valence-corrected chi connectivity index (χ2v) is 5.18. The van der Waals surface area contributed by atoms with Gasteiger partial charge in [-0.2, -0.15) is 0 Å². The third-order valence-corrected chi connectivity index (χ3v) is 2.76. The zero-order valence-electron chi connectivity index (χ0n) is 12.1. The maximum absolute atomic E-state index is 9.71. The Morgan fingerprint density at radius 3 is 2.61 bits per heavy atom. The van der Waals surface area contributed by atoms with Crippen LogP contribution in [-0.2, 0) is 4.74 Å². The summed E-state index contributed by atoms with van der Waals surface area (Å²) in [5.74, 6) is 3.40. The van der Waals surface area contributed by atoms with Gasteiger partial charge in [-0.3, -0.25) is 0 Å². The first-order valence-electron chi connectivity index (χ1n) is 7.05. The summed E-state index contributed by atoms with van der Waals surface area (Å²) in [7, 11) is 0. The van der Waals surface area contributed by atoms with E-state index in [-0.39, 0.29) is 6.04 Å². The Hall–Kier alpha value is -0.560. The van der Waals surface area contributed by atoms with Crippen molar-refractivity contribution in [1.29, 1.82) is 0 Å². The molecular weight excluding hydrogens is 226 g/mol. The highest BCUT2D eigenvalue weighted by Crippen LogP contribution is 2.03. The van der Waals surface area contributed by atoms with Gasteiger partial charge in [0.2, 0.25) is 0 Å². The summed E-state index contributed by atoms with van der Waals surface area (Å²) in [5, 5.41) is 12.9. The van der Waals surface area contributed by atoms with Crippen LogP contribution < -0.4 is 5.32 Å². The summed E-state index contributed by atoms with van der Waals surface area (Å²) in [6.45, 7) is 8.11. The van der Waals surface area contributed by atoms with Crippen molar-refractivity contribution in [3.63, 3.8) is 0 Å². The first kappa shape index (κ1) is 17.4. The van der Waals surface area contributed by atoms with Crippen LogP contribution in [0.15, 0.2) is 0 Å². The van der Waals surface area contributed by atoms with Crippen LogP contribution in [0.5, 0.6) is 0 Å². The van der Waals surface area contributed by atoms with Gasteiger partial charge in [0.25, 0.3) is 0 Å². The van der Waals surface area contributed by atoms with E-state index >= 15 is 0 Å². The van der Waals surface area contributed by atoms with Crippen LogP contribution in [0.2, 0.25) is 0 Å². The number of nitrogens with one attached hydrogen (secondary N) is 1. The highest BCUT2D eigenvalue weighted by molar-refractivity contribution is 4.98. The van der Waals surface area contributed by atoms with Gasteiger partial charge in [0.05, 0.1) is 18.8 Å². The van der Waals surface area contributed by atoms with Crippen LogP contribution in [0.1, 0.15) is 46.5 Å². The van der Waals surface area contributed by atoms with Gasteiger partial charge in [0.1, 0.15) is 0 Å². The van der Waals surface area contributed by atoms with E-state index in [9.17, 15) is 5.11 Å². The molecule has 3 heteroatoms. The number of hydrogen-bond acceptors (Lipinski definition) is 3. The van der Waals surface area contributed by atoms with Gasteiger partial charge in [0.15, 0.2) is 0 Å². The zero-order chi connectivity index (χ0) is 13.8. The zero-order valence-corrected chi connectivity index (χ0v) is 12.1. The first-order chi connectivity index (χ1) is 8.60. The molecule has 0 aliphatic heterocycles. The molecule has 0 aliphatic carbocycles. The molecule has 3 nitrogen and oxygen atoms in total. The van der Waals surface area contributed by atoms with E-state index in [1.807, 2.05) is 0 Å². The van der Waals surface area contributed by atoms with Crippen molar-refractivity contribution < 1.29 is 9.84 Å². The Morgan fingerprint density at radius 2 is 2.06 bits per heavy atom. The normalized spacial score (nSPS) is 14.4. The topological polar surface area (TPSA) is 41.5 Å². The number of terminal acetylenes is 1. The van der Waals surface area contributed by atoms with Crippen molar-refractivity contribution in [1.82, 2.24) is 5.32 Å². The third kappa shape index (κ3) is 10.6. The lowest BCUT2D eigenvalue weighted by atomic mass is 10.1. The van der Waals surface area contributed by atoms with Gasteiger partial charge in [0, 0.05) is 13.2 Å². The van der Waals surface area contributed by atoms with Crippen LogP contribution >= 0.6 is 0 Å². The molecule has 0 saturated heterocycles. The molecular formula is C15H29NO2. The molecule has 2 atom stereocenters. The Balaban J connectivity index is 3.47. The molecule has 0 radical (unpaired) electrons. The molecule has 0 fully saturated rings. The fourth-order valence-corrected chi connectivity index (χ4v) is 1.68. The lowest BCUT2D eigenvalue weighted by Gasteiger charge is -2.16. The minimum absolute atomic E-state index is 0.0607.